The Morgan fingerprint density at radius 2 is 2.25 bits per heavy atom. The topological polar surface area (TPSA) is 63.6 Å². The molecule has 1 unspecified atom stereocenters. The second-order valence-corrected chi connectivity index (χ2v) is 4.51. The molecular weight excluding hydrogens is 228 g/mol. The van der Waals surface area contributed by atoms with Crippen molar-refractivity contribution in [2.24, 2.45) is 0 Å². The SMILES string of the molecule is COc1cc(C=O)ccc1SC(C)C(=O)O. The van der Waals surface area contributed by atoms with E-state index >= 15 is 0 Å². The minimum absolute atomic E-state index is 0.504. The first-order chi connectivity index (χ1) is 7.58. The van der Waals surface area contributed by atoms with Gasteiger partial charge in [0.1, 0.15) is 17.3 Å². The van der Waals surface area contributed by atoms with Crippen molar-refractivity contribution in [3.8, 4) is 5.75 Å². The van der Waals surface area contributed by atoms with Gasteiger partial charge in [-0.1, -0.05) is 6.07 Å². The number of hydrogen-bond acceptors (Lipinski definition) is 4. The minimum Gasteiger partial charge on any atom is -0.496 e. The molecule has 5 heteroatoms. The van der Waals surface area contributed by atoms with Crippen LogP contribution in [0.2, 0.25) is 0 Å². The van der Waals surface area contributed by atoms with Gasteiger partial charge in [0, 0.05) is 5.56 Å². The van der Waals surface area contributed by atoms with Crippen molar-refractivity contribution >= 4 is 24.0 Å². The number of methoxy groups -OCH3 is 1. The number of thioether (sulfide) groups is 1. The molecule has 0 fully saturated rings. The van der Waals surface area contributed by atoms with Crippen LogP contribution < -0.4 is 4.74 Å². The zero-order chi connectivity index (χ0) is 12.1. The number of aldehydes is 1. The Bertz CT molecular complexity index is 403. The second-order valence-electron chi connectivity index (χ2n) is 3.13. The fourth-order valence-electron chi connectivity index (χ4n) is 1.10. The van der Waals surface area contributed by atoms with Gasteiger partial charge in [-0.3, -0.25) is 9.59 Å². The van der Waals surface area contributed by atoms with Crippen molar-refractivity contribution in [1.82, 2.24) is 0 Å². The Kier molecular flexibility index (Phi) is 4.37. The number of aliphatic carboxylic acids is 1. The summed E-state index contributed by atoms with van der Waals surface area (Å²) >= 11 is 1.18. The van der Waals surface area contributed by atoms with Gasteiger partial charge in [-0.25, -0.2) is 0 Å². The maximum Gasteiger partial charge on any atom is 0.316 e. The maximum absolute atomic E-state index is 10.7. The molecule has 0 saturated heterocycles. The zero-order valence-corrected chi connectivity index (χ0v) is 9.78. The van der Waals surface area contributed by atoms with Gasteiger partial charge in [-0.2, -0.15) is 0 Å². The summed E-state index contributed by atoms with van der Waals surface area (Å²) < 4.78 is 5.10. The average Bonchev–Trinajstić information content (AvgIpc) is 2.29. The summed E-state index contributed by atoms with van der Waals surface area (Å²) in [5, 5.41) is 8.23. The van der Waals surface area contributed by atoms with E-state index in [2.05, 4.69) is 0 Å². The normalized spacial score (nSPS) is 11.9. The van der Waals surface area contributed by atoms with Gasteiger partial charge in [0.25, 0.3) is 0 Å². The third-order valence-electron chi connectivity index (χ3n) is 1.98. The molecule has 4 nitrogen and oxygen atoms in total. The van der Waals surface area contributed by atoms with Gasteiger partial charge >= 0.3 is 5.97 Å². The van der Waals surface area contributed by atoms with Crippen molar-refractivity contribution < 1.29 is 19.4 Å². The Morgan fingerprint density at radius 1 is 1.56 bits per heavy atom. The van der Waals surface area contributed by atoms with Crippen LogP contribution in [0.25, 0.3) is 0 Å². The van der Waals surface area contributed by atoms with Crippen LogP contribution >= 0.6 is 11.8 Å². The van der Waals surface area contributed by atoms with Crippen LogP contribution in [0.5, 0.6) is 5.75 Å². The first-order valence-electron chi connectivity index (χ1n) is 4.61. The number of rotatable bonds is 5. The van der Waals surface area contributed by atoms with E-state index in [0.717, 1.165) is 6.29 Å². The van der Waals surface area contributed by atoms with Gasteiger partial charge < -0.3 is 9.84 Å². The average molecular weight is 240 g/mol. The van der Waals surface area contributed by atoms with Crippen LogP contribution in [-0.2, 0) is 4.79 Å². The lowest BCUT2D eigenvalue weighted by molar-refractivity contribution is -0.136. The molecule has 0 heterocycles. The van der Waals surface area contributed by atoms with Gasteiger partial charge in [0.2, 0.25) is 0 Å². The Balaban J connectivity index is 2.95. The number of benzene rings is 1. The van der Waals surface area contributed by atoms with Crippen LogP contribution in [0, 0.1) is 0 Å². The van der Waals surface area contributed by atoms with E-state index in [9.17, 15) is 9.59 Å². The smallest absolute Gasteiger partial charge is 0.316 e. The second kappa shape index (κ2) is 5.55. The summed E-state index contributed by atoms with van der Waals surface area (Å²) in [7, 11) is 1.49. The Labute approximate surface area is 97.6 Å². The summed E-state index contributed by atoms with van der Waals surface area (Å²) in [5.41, 5.74) is 0.504. The van der Waals surface area contributed by atoms with Crippen LogP contribution in [0.3, 0.4) is 0 Å². The molecule has 1 aromatic rings. The lowest BCUT2D eigenvalue weighted by atomic mass is 10.2. The predicted octanol–water partition coefficient (Wildman–Crippen LogP) is 2.07. The quantitative estimate of drug-likeness (QED) is 0.630. The number of carbonyl (C=O) groups is 2. The molecule has 1 N–H and O–H groups in total. The maximum atomic E-state index is 10.7. The Morgan fingerprint density at radius 3 is 2.75 bits per heavy atom. The summed E-state index contributed by atoms with van der Waals surface area (Å²) in [6.07, 6.45) is 0.720. The molecule has 0 aliphatic rings. The van der Waals surface area contributed by atoms with Crippen molar-refractivity contribution in [3.63, 3.8) is 0 Å². The number of carboxylic acids is 1. The van der Waals surface area contributed by atoms with Crippen LogP contribution in [0.15, 0.2) is 23.1 Å². The summed E-state index contributed by atoms with van der Waals surface area (Å²) in [5.74, 6) is -0.366. The van der Waals surface area contributed by atoms with E-state index in [-0.39, 0.29) is 0 Å². The molecule has 86 valence electrons. The largest absolute Gasteiger partial charge is 0.496 e. The molecule has 1 rings (SSSR count). The third-order valence-corrected chi connectivity index (χ3v) is 3.12. The number of ether oxygens (including phenoxy) is 1. The highest BCUT2D eigenvalue weighted by Crippen LogP contribution is 2.32. The summed E-state index contributed by atoms with van der Waals surface area (Å²) in [4.78, 5) is 22.0. The molecule has 0 radical (unpaired) electrons. The molecule has 16 heavy (non-hydrogen) atoms. The highest BCUT2D eigenvalue weighted by atomic mass is 32.2. The fourth-order valence-corrected chi connectivity index (χ4v) is 1.98. The molecular formula is C11H12O4S. The van der Waals surface area contributed by atoms with Gasteiger partial charge in [-0.05, 0) is 19.1 Å². The highest BCUT2D eigenvalue weighted by Gasteiger charge is 2.15. The monoisotopic (exact) mass is 240 g/mol. The predicted molar refractivity (Wildman–Crippen MR) is 61.3 cm³/mol. The summed E-state index contributed by atoms with van der Waals surface area (Å²) in [6.45, 7) is 1.60. The van der Waals surface area contributed by atoms with E-state index in [1.807, 2.05) is 0 Å². The van der Waals surface area contributed by atoms with E-state index in [1.165, 1.54) is 18.9 Å². The van der Waals surface area contributed by atoms with Crippen LogP contribution in [0.1, 0.15) is 17.3 Å². The molecule has 0 saturated carbocycles. The minimum atomic E-state index is -0.883. The molecule has 1 aromatic carbocycles. The van der Waals surface area contributed by atoms with E-state index in [4.69, 9.17) is 9.84 Å². The van der Waals surface area contributed by atoms with Crippen molar-refractivity contribution in [2.75, 3.05) is 7.11 Å². The molecule has 0 bridgehead atoms. The van der Waals surface area contributed by atoms with E-state index < -0.39 is 11.2 Å². The molecule has 0 aliphatic carbocycles. The third kappa shape index (κ3) is 3.00. The molecule has 1 atom stereocenters. The van der Waals surface area contributed by atoms with Gasteiger partial charge in [-0.15, -0.1) is 11.8 Å². The standard InChI is InChI=1S/C11H12O4S/c1-7(11(13)14)16-10-4-3-8(6-12)5-9(10)15-2/h3-7H,1-2H3,(H,13,14). The molecule has 0 spiro atoms. The number of hydrogen-bond donors (Lipinski definition) is 1. The fraction of sp³-hybridized carbons (Fsp3) is 0.273. The highest BCUT2D eigenvalue weighted by molar-refractivity contribution is 8.00. The van der Waals surface area contributed by atoms with Crippen molar-refractivity contribution in [2.45, 2.75) is 17.1 Å². The van der Waals surface area contributed by atoms with Gasteiger partial charge in [0.05, 0.1) is 12.0 Å². The van der Waals surface area contributed by atoms with E-state index in [0.29, 0.717) is 16.2 Å². The van der Waals surface area contributed by atoms with Crippen molar-refractivity contribution in [3.05, 3.63) is 23.8 Å². The summed E-state index contributed by atoms with van der Waals surface area (Å²) in [6, 6.07) is 4.91. The van der Waals surface area contributed by atoms with Crippen LogP contribution in [-0.4, -0.2) is 29.7 Å². The first kappa shape index (κ1) is 12.6. The van der Waals surface area contributed by atoms with Crippen molar-refractivity contribution in [1.29, 1.82) is 0 Å². The van der Waals surface area contributed by atoms with Crippen LogP contribution in [0.4, 0.5) is 0 Å². The molecule has 0 aromatic heterocycles. The number of carbonyl (C=O) groups excluding carboxylic acids is 1. The van der Waals surface area contributed by atoms with E-state index in [1.54, 1.807) is 25.1 Å². The first-order valence-corrected chi connectivity index (χ1v) is 5.49. The molecule has 0 amide bonds. The Hall–Kier alpha value is -1.49. The zero-order valence-electron chi connectivity index (χ0n) is 8.97. The lowest BCUT2D eigenvalue weighted by Gasteiger charge is -2.10. The lowest BCUT2D eigenvalue weighted by Crippen LogP contribution is -2.11. The number of carboxylic acid groups (broad SMARTS) is 1. The van der Waals surface area contributed by atoms with Gasteiger partial charge in [0.15, 0.2) is 0 Å². The molecule has 0 aliphatic heterocycles.